The molecule has 15 nitrogen and oxygen atoms in total. The molecular weight excluding hydrogens is 652 g/mol. The van der Waals surface area contributed by atoms with Crippen molar-refractivity contribution in [3.63, 3.8) is 0 Å². The second kappa shape index (κ2) is 14.2. The third-order valence-electron chi connectivity index (χ3n) is 9.93. The minimum absolute atomic E-state index is 0.111. The molecule has 0 bridgehead atoms. The van der Waals surface area contributed by atoms with Crippen LogP contribution in [0.4, 0.5) is 5.69 Å². The van der Waals surface area contributed by atoms with E-state index in [-0.39, 0.29) is 29.0 Å². The molecule has 4 aromatic heterocycles. The Labute approximate surface area is 295 Å². The van der Waals surface area contributed by atoms with Crippen molar-refractivity contribution in [2.24, 2.45) is 5.92 Å². The lowest BCUT2D eigenvalue weighted by atomic mass is 9.97. The number of nitrogens with zero attached hydrogens (tertiary/aromatic N) is 8. The van der Waals surface area contributed by atoms with Gasteiger partial charge in [-0.15, -0.1) is 0 Å². The summed E-state index contributed by atoms with van der Waals surface area (Å²) in [6, 6.07) is 7.45. The van der Waals surface area contributed by atoms with E-state index in [0.717, 1.165) is 37.2 Å². The minimum Gasteiger partial charge on any atom is -0.494 e. The van der Waals surface area contributed by atoms with Crippen molar-refractivity contribution in [3.8, 4) is 28.4 Å². The lowest BCUT2D eigenvalue weighted by Crippen LogP contribution is -2.45. The zero-order valence-electron chi connectivity index (χ0n) is 29.7. The summed E-state index contributed by atoms with van der Waals surface area (Å²) in [7, 11) is 5.56. The van der Waals surface area contributed by atoms with Crippen LogP contribution in [-0.2, 0) is 9.53 Å². The van der Waals surface area contributed by atoms with Crippen LogP contribution in [0, 0.1) is 5.92 Å². The summed E-state index contributed by atoms with van der Waals surface area (Å²) in [6.07, 6.45) is 8.38. The molecule has 0 saturated carbocycles. The number of nitrogens with one attached hydrogen (secondary N) is 2. The molecule has 0 atom stereocenters. The van der Waals surface area contributed by atoms with Crippen LogP contribution < -0.4 is 20.1 Å². The number of hydrogen-bond donors (Lipinski definition) is 2. The number of pyridine rings is 1. The summed E-state index contributed by atoms with van der Waals surface area (Å²) in [6.45, 7) is 8.25. The van der Waals surface area contributed by atoms with Gasteiger partial charge in [0.1, 0.15) is 30.4 Å². The number of rotatable bonds is 11. The van der Waals surface area contributed by atoms with Gasteiger partial charge < -0.3 is 34.6 Å². The SMILES string of the molecule is COc1cc2c(cc1-n1nc(C(=O)NCCN3CCC(C(=O)OCC(C)(C)N(C)C)CC3)c3cnc(-c4cnn5cccnc45)cc31)OCCN2. The Hall–Kier alpha value is -5.28. The van der Waals surface area contributed by atoms with Crippen molar-refractivity contribution in [2.75, 3.05) is 72.5 Å². The van der Waals surface area contributed by atoms with Crippen molar-refractivity contribution < 1.29 is 23.8 Å². The first kappa shape index (κ1) is 34.2. The second-order valence-electron chi connectivity index (χ2n) is 13.8. The number of carbonyl (C=O) groups is 2. The normalized spacial score (nSPS) is 15.4. The maximum absolute atomic E-state index is 13.8. The van der Waals surface area contributed by atoms with Crippen molar-refractivity contribution in [3.05, 3.63) is 54.7 Å². The molecule has 0 unspecified atom stereocenters. The number of likely N-dealkylation sites (N-methyl/N-ethyl adjacent to an activating group) is 1. The van der Waals surface area contributed by atoms with Crippen molar-refractivity contribution in [1.82, 2.24) is 44.5 Å². The second-order valence-corrected chi connectivity index (χ2v) is 13.8. The van der Waals surface area contributed by atoms with Crippen molar-refractivity contribution in [1.29, 1.82) is 0 Å². The van der Waals surface area contributed by atoms with Gasteiger partial charge in [-0.2, -0.15) is 10.2 Å². The Balaban J connectivity index is 1.09. The van der Waals surface area contributed by atoms with Gasteiger partial charge in [0.05, 0.1) is 47.1 Å². The predicted octanol–water partition coefficient (Wildman–Crippen LogP) is 3.27. The molecule has 1 saturated heterocycles. The van der Waals surface area contributed by atoms with Gasteiger partial charge in [0.15, 0.2) is 11.3 Å². The maximum atomic E-state index is 13.8. The molecule has 2 aliphatic rings. The fourth-order valence-electron chi connectivity index (χ4n) is 6.30. The Kier molecular flexibility index (Phi) is 9.48. The molecule has 5 aromatic rings. The number of aromatic nitrogens is 6. The van der Waals surface area contributed by atoms with Gasteiger partial charge in [-0.3, -0.25) is 14.6 Å². The highest BCUT2D eigenvalue weighted by atomic mass is 16.5. The topological polar surface area (TPSA) is 153 Å². The summed E-state index contributed by atoms with van der Waals surface area (Å²) in [5.41, 5.74) is 4.15. The molecule has 15 heteroatoms. The highest BCUT2D eigenvalue weighted by molar-refractivity contribution is 6.05. The van der Waals surface area contributed by atoms with Gasteiger partial charge >= 0.3 is 5.97 Å². The Morgan fingerprint density at radius 1 is 1.14 bits per heavy atom. The maximum Gasteiger partial charge on any atom is 0.309 e. The Morgan fingerprint density at radius 3 is 2.75 bits per heavy atom. The van der Waals surface area contributed by atoms with E-state index in [0.29, 0.717) is 72.3 Å². The van der Waals surface area contributed by atoms with Gasteiger partial charge in [-0.1, -0.05) is 0 Å². The van der Waals surface area contributed by atoms with Crippen LogP contribution >= 0.6 is 0 Å². The Morgan fingerprint density at radius 2 is 1.96 bits per heavy atom. The summed E-state index contributed by atoms with van der Waals surface area (Å²) in [5, 5.41) is 16.3. The smallest absolute Gasteiger partial charge is 0.309 e. The van der Waals surface area contributed by atoms with Gasteiger partial charge in [-0.05, 0) is 66.0 Å². The molecule has 0 radical (unpaired) electrons. The van der Waals surface area contributed by atoms with E-state index in [9.17, 15) is 9.59 Å². The van der Waals surface area contributed by atoms with Crippen LogP contribution in [0.3, 0.4) is 0 Å². The van der Waals surface area contributed by atoms with E-state index in [2.05, 4.69) is 44.4 Å². The highest BCUT2D eigenvalue weighted by Crippen LogP contribution is 2.38. The van der Waals surface area contributed by atoms with E-state index < -0.39 is 0 Å². The van der Waals surface area contributed by atoms with E-state index in [1.807, 2.05) is 44.6 Å². The minimum atomic E-state index is -0.317. The van der Waals surface area contributed by atoms with Crippen LogP contribution in [-0.4, -0.2) is 124 Å². The standard InChI is InChI=1S/C36H44N10O5/c1-36(2,43(3)4)22-51-35(48)23-7-13-44(14-8-23)15-10-39-34(47)32-25-20-40-26(24-21-41-45-12-6-9-38-33(24)45)17-28(25)46(42-32)29-19-30-27(18-31(29)49-5)37-11-16-50-30/h6,9,12,17-21,23,37H,7-8,10-11,13-16,22H2,1-5H3,(H,39,47). The number of likely N-dealkylation sites (tertiary alicyclic amines) is 1. The number of ether oxygens (including phenoxy) is 3. The number of amides is 1. The molecule has 1 aromatic carbocycles. The molecule has 1 amide bonds. The number of esters is 1. The molecule has 2 N–H and O–H groups in total. The summed E-state index contributed by atoms with van der Waals surface area (Å²) in [5.74, 6) is 0.672. The monoisotopic (exact) mass is 696 g/mol. The third kappa shape index (κ3) is 6.90. The van der Waals surface area contributed by atoms with Crippen molar-refractivity contribution in [2.45, 2.75) is 32.2 Å². The number of benzene rings is 1. The predicted molar refractivity (Wildman–Crippen MR) is 192 cm³/mol. The van der Waals surface area contributed by atoms with E-state index in [1.165, 1.54) is 0 Å². The molecule has 7 rings (SSSR count). The molecule has 268 valence electrons. The lowest BCUT2D eigenvalue weighted by molar-refractivity contribution is -0.153. The molecule has 6 heterocycles. The average molecular weight is 697 g/mol. The van der Waals surface area contributed by atoms with Crippen LogP contribution in [0.15, 0.2) is 49.1 Å². The summed E-state index contributed by atoms with van der Waals surface area (Å²) >= 11 is 0. The average Bonchev–Trinajstić information content (AvgIpc) is 3.75. The third-order valence-corrected chi connectivity index (χ3v) is 9.93. The van der Waals surface area contributed by atoms with Gasteiger partial charge in [0, 0.05) is 55.9 Å². The molecular formula is C36H44N10O5. The first-order valence-electron chi connectivity index (χ1n) is 17.2. The van der Waals surface area contributed by atoms with Crippen LogP contribution in [0.25, 0.3) is 33.5 Å². The van der Waals surface area contributed by atoms with Gasteiger partial charge in [0.2, 0.25) is 0 Å². The number of methoxy groups -OCH3 is 1. The molecule has 1 fully saturated rings. The first-order valence-corrected chi connectivity index (χ1v) is 17.2. The largest absolute Gasteiger partial charge is 0.494 e. The van der Waals surface area contributed by atoms with E-state index >= 15 is 0 Å². The Bertz CT molecular complexity index is 2060. The molecule has 2 aliphatic heterocycles. The van der Waals surface area contributed by atoms with Crippen LogP contribution in [0.1, 0.15) is 37.2 Å². The molecule has 51 heavy (non-hydrogen) atoms. The number of piperidine rings is 1. The zero-order chi connectivity index (χ0) is 35.7. The van der Waals surface area contributed by atoms with Gasteiger partial charge in [0.25, 0.3) is 5.91 Å². The summed E-state index contributed by atoms with van der Waals surface area (Å²) in [4.78, 5) is 40.1. The quantitative estimate of drug-likeness (QED) is 0.195. The van der Waals surface area contributed by atoms with Gasteiger partial charge in [-0.25, -0.2) is 14.2 Å². The number of carbonyl (C=O) groups excluding carboxylic acids is 2. The van der Waals surface area contributed by atoms with Crippen molar-refractivity contribution >= 4 is 34.1 Å². The van der Waals surface area contributed by atoms with Crippen LogP contribution in [0.2, 0.25) is 0 Å². The number of fused-ring (bicyclic) bond motifs is 3. The summed E-state index contributed by atoms with van der Waals surface area (Å²) < 4.78 is 20.8. The van der Waals surface area contributed by atoms with E-state index in [4.69, 9.17) is 24.3 Å². The molecule has 0 spiro atoms. The first-order chi connectivity index (χ1) is 24.6. The highest BCUT2D eigenvalue weighted by Gasteiger charge is 2.30. The number of hydrogen-bond acceptors (Lipinski definition) is 12. The molecule has 0 aliphatic carbocycles. The zero-order valence-corrected chi connectivity index (χ0v) is 29.7. The van der Waals surface area contributed by atoms with Crippen LogP contribution in [0.5, 0.6) is 11.5 Å². The fourth-order valence-corrected chi connectivity index (χ4v) is 6.30. The lowest BCUT2D eigenvalue weighted by Gasteiger charge is -2.34. The fraction of sp³-hybridized carbons (Fsp3) is 0.444. The number of anilines is 1. The van der Waals surface area contributed by atoms with E-state index in [1.54, 1.807) is 34.9 Å².